The molecule has 0 unspecified atom stereocenters. The van der Waals surface area contributed by atoms with E-state index in [9.17, 15) is 4.79 Å². The van der Waals surface area contributed by atoms with Gasteiger partial charge in [-0.2, -0.15) is 0 Å². The Bertz CT molecular complexity index is 159. The lowest BCUT2D eigenvalue weighted by Crippen LogP contribution is -2.12. The molecular weight excluding hydrogens is 182 g/mol. The van der Waals surface area contributed by atoms with E-state index in [-0.39, 0.29) is 18.2 Å². The Morgan fingerprint density at radius 2 is 1.83 bits per heavy atom. The average Bonchev–Trinajstić information content (AvgIpc) is 2.00. The minimum atomic E-state index is -0.517. The summed E-state index contributed by atoms with van der Waals surface area (Å²) < 4.78 is 9.50. The first-order valence-corrected chi connectivity index (χ1v) is 3.48. The van der Waals surface area contributed by atoms with Gasteiger partial charge in [0.1, 0.15) is 0 Å². The molecule has 5 heteroatoms. The zero-order chi connectivity index (χ0) is 8.69. The third-order valence-electron chi connectivity index (χ3n) is 0.928. The molecule has 0 fully saturated rings. The summed E-state index contributed by atoms with van der Waals surface area (Å²) in [6.07, 6.45) is 1.10. The molecule has 0 radical (unpaired) electrons. The van der Waals surface area contributed by atoms with Crippen molar-refractivity contribution in [3.05, 3.63) is 12.0 Å². The first-order valence-electron chi connectivity index (χ1n) is 3.48. The van der Waals surface area contributed by atoms with Gasteiger partial charge < -0.3 is 15.2 Å². The Balaban J connectivity index is 0. The highest BCUT2D eigenvalue weighted by Crippen LogP contribution is 1.97. The lowest BCUT2D eigenvalue weighted by atomic mass is 10.5. The van der Waals surface area contributed by atoms with Crippen molar-refractivity contribution in [1.82, 2.24) is 0 Å². The predicted octanol–water partition coefficient (Wildman–Crippen LogP) is 0.808. The number of rotatable bonds is 4. The summed E-state index contributed by atoms with van der Waals surface area (Å²) in [5.74, 6) is -0.453. The third-order valence-corrected chi connectivity index (χ3v) is 0.928. The van der Waals surface area contributed by atoms with Crippen LogP contribution in [0.4, 0.5) is 0 Å². The molecule has 0 amide bonds. The van der Waals surface area contributed by atoms with E-state index in [0.29, 0.717) is 13.2 Å². The summed E-state index contributed by atoms with van der Waals surface area (Å²) in [5, 5.41) is 0. The molecule has 2 N–H and O–H groups in total. The second-order valence-electron chi connectivity index (χ2n) is 1.68. The van der Waals surface area contributed by atoms with Crippen molar-refractivity contribution >= 4 is 18.4 Å². The molecule has 0 aliphatic heterocycles. The van der Waals surface area contributed by atoms with Crippen LogP contribution >= 0.6 is 12.4 Å². The van der Waals surface area contributed by atoms with E-state index in [1.807, 2.05) is 0 Å². The quantitative estimate of drug-likeness (QED) is 0.410. The highest BCUT2D eigenvalue weighted by molar-refractivity contribution is 5.86. The molecule has 0 bridgehead atoms. The molecule has 12 heavy (non-hydrogen) atoms. The van der Waals surface area contributed by atoms with Crippen LogP contribution in [0.25, 0.3) is 0 Å². The van der Waals surface area contributed by atoms with E-state index in [2.05, 4.69) is 4.74 Å². The molecule has 0 aromatic carbocycles. The second kappa shape index (κ2) is 8.20. The van der Waals surface area contributed by atoms with Crippen molar-refractivity contribution < 1.29 is 14.3 Å². The van der Waals surface area contributed by atoms with Crippen LogP contribution in [0.2, 0.25) is 0 Å². The SMILES string of the molecule is CCOC(=O)/C(=C/N)OCC.Cl. The first kappa shape index (κ1) is 13.7. The maximum atomic E-state index is 10.9. The number of ether oxygens (including phenoxy) is 2. The molecule has 72 valence electrons. The van der Waals surface area contributed by atoms with Crippen LogP contribution in [-0.4, -0.2) is 19.2 Å². The van der Waals surface area contributed by atoms with Gasteiger partial charge in [0.15, 0.2) is 0 Å². The summed E-state index contributed by atoms with van der Waals surface area (Å²) in [5.41, 5.74) is 5.10. The van der Waals surface area contributed by atoms with Crippen molar-refractivity contribution in [2.24, 2.45) is 5.73 Å². The smallest absolute Gasteiger partial charge is 0.375 e. The predicted molar refractivity (Wildman–Crippen MR) is 47.8 cm³/mol. The van der Waals surface area contributed by atoms with Gasteiger partial charge in [0.05, 0.1) is 13.2 Å². The van der Waals surface area contributed by atoms with Crippen molar-refractivity contribution in [2.45, 2.75) is 13.8 Å². The zero-order valence-electron chi connectivity index (χ0n) is 7.20. The molecule has 0 saturated heterocycles. The summed E-state index contributed by atoms with van der Waals surface area (Å²) in [7, 11) is 0. The van der Waals surface area contributed by atoms with E-state index in [1.54, 1.807) is 13.8 Å². The summed E-state index contributed by atoms with van der Waals surface area (Å²) in [6, 6.07) is 0. The van der Waals surface area contributed by atoms with Gasteiger partial charge in [-0.25, -0.2) is 4.79 Å². The molecule has 0 aliphatic carbocycles. The number of esters is 1. The molecule has 0 heterocycles. The van der Waals surface area contributed by atoms with Gasteiger partial charge in [0.25, 0.3) is 0 Å². The fraction of sp³-hybridized carbons (Fsp3) is 0.571. The first-order chi connectivity index (χ1) is 5.26. The minimum Gasteiger partial charge on any atom is -0.486 e. The van der Waals surface area contributed by atoms with Gasteiger partial charge in [0.2, 0.25) is 5.76 Å². The van der Waals surface area contributed by atoms with E-state index in [4.69, 9.17) is 10.5 Å². The number of halogens is 1. The zero-order valence-corrected chi connectivity index (χ0v) is 8.02. The van der Waals surface area contributed by atoms with Crippen molar-refractivity contribution in [3.63, 3.8) is 0 Å². The Labute approximate surface area is 78.1 Å². The summed E-state index contributed by atoms with van der Waals surface area (Å²) in [6.45, 7) is 4.21. The number of nitrogens with two attached hydrogens (primary N) is 1. The highest BCUT2D eigenvalue weighted by atomic mass is 35.5. The second-order valence-corrected chi connectivity index (χ2v) is 1.68. The lowest BCUT2D eigenvalue weighted by molar-refractivity contribution is -0.142. The Morgan fingerprint density at radius 1 is 1.33 bits per heavy atom. The van der Waals surface area contributed by atoms with Crippen molar-refractivity contribution in [2.75, 3.05) is 13.2 Å². The van der Waals surface area contributed by atoms with E-state index in [1.165, 1.54) is 0 Å². The minimum absolute atomic E-state index is 0. The molecular formula is C7H14ClNO3. The van der Waals surface area contributed by atoms with Crippen molar-refractivity contribution in [1.29, 1.82) is 0 Å². The van der Waals surface area contributed by atoms with Crippen LogP contribution in [0.3, 0.4) is 0 Å². The maximum Gasteiger partial charge on any atom is 0.375 e. The summed E-state index contributed by atoms with van der Waals surface area (Å²) >= 11 is 0. The average molecular weight is 196 g/mol. The number of carbonyl (C=O) groups is 1. The molecule has 4 nitrogen and oxygen atoms in total. The topological polar surface area (TPSA) is 61.5 Å². The standard InChI is InChI=1S/C7H13NO3.ClH/c1-3-10-6(5-8)7(9)11-4-2;/h5H,3-4,8H2,1-2H3;1H/b6-5-;. The van der Waals surface area contributed by atoms with Crippen LogP contribution in [0.15, 0.2) is 12.0 Å². The molecule has 0 spiro atoms. The van der Waals surface area contributed by atoms with E-state index >= 15 is 0 Å². The monoisotopic (exact) mass is 195 g/mol. The van der Waals surface area contributed by atoms with Gasteiger partial charge >= 0.3 is 5.97 Å². The Kier molecular flexibility index (Phi) is 9.34. The summed E-state index contributed by atoms with van der Waals surface area (Å²) in [4.78, 5) is 10.9. The molecule has 0 rings (SSSR count). The van der Waals surface area contributed by atoms with Gasteiger partial charge in [-0.15, -0.1) is 12.4 Å². The normalized spacial score (nSPS) is 10.0. The van der Waals surface area contributed by atoms with Crippen LogP contribution in [0, 0.1) is 0 Å². The lowest BCUT2D eigenvalue weighted by Gasteiger charge is -2.05. The van der Waals surface area contributed by atoms with Crippen LogP contribution < -0.4 is 5.73 Å². The Hall–Kier alpha value is -0.900. The molecule has 0 aliphatic rings. The Morgan fingerprint density at radius 3 is 2.17 bits per heavy atom. The third kappa shape index (κ3) is 4.85. The van der Waals surface area contributed by atoms with Crippen LogP contribution in [0.5, 0.6) is 0 Å². The molecule has 0 saturated carbocycles. The molecule has 0 aromatic rings. The van der Waals surface area contributed by atoms with Gasteiger partial charge in [-0.1, -0.05) is 0 Å². The largest absolute Gasteiger partial charge is 0.486 e. The van der Waals surface area contributed by atoms with E-state index in [0.717, 1.165) is 6.20 Å². The highest BCUT2D eigenvalue weighted by Gasteiger charge is 2.09. The van der Waals surface area contributed by atoms with Gasteiger partial charge in [-0.3, -0.25) is 0 Å². The van der Waals surface area contributed by atoms with Crippen LogP contribution in [0.1, 0.15) is 13.8 Å². The fourth-order valence-corrected chi connectivity index (χ4v) is 0.533. The number of carbonyl (C=O) groups excluding carboxylic acids is 1. The van der Waals surface area contributed by atoms with Crippen molar-refractivity contribution in [3.8, 4) is 0 Å². The number of hydrogen-bond donors (Lipinski definition) is 1. The van der Waals surface area contributed by atoms with Gasteiger partial charge in [-0.05, 0) is 13.8 Å². The van der Waals surface area contributed by atoms with Crippen LogP contribution in [-0.2, 0) is 14.3 Å². The fourth-order valence-electron chi connectivity index (χ4n) is 0.533. The number of hydrogen-bond acceptors (Lipinski definition) is 4. The van der Waals surface area contributed by atoms with E-state index < -0.39 is 5.97 Å². The maximum absolute atomic E-state index is 10.9. The molecule has 0 aromatic heterocycles. The molecule has 0 atom stereocenters. The van der Waals surface area contributed by atoms with Gasteiger partial charge in [0, 0.05) is 6.20 Å².